The third kappa shape index (κ3) is 4.79. The minimum absolute atomic E-state index is 0.0688. The van der Waals surface area contributed by atoms with Gasteiger partial charge in [-0.2, -0.15) is 4.98 Å². The topological polar surface area (TPSA) is 105 Å². The number of carboxylic acids is 1. The summed E-state index contributed by atoms with van der Waals surface area (Å²) in [4.78, 5) is 27.3. The zero-order valence-electron chi connectivity index (χ0n) is 13.4. The molecule has 2 N–H and O–H groups in total. The van der Waals surface area contributed by atoms with Crippen LogP contribution in [0.3, 0.4) is 0 Å². The number of aryl methyl sites for hydroxylation is 1. The summed E-state index contributed by atoms with van der Waals surface area (Å²) in [5, 5.41) is 16.2. The molecule has 7 nitrogen and oxygen atoms in total. The van der Waals surface area contributed by atoms with E-state index in [1.807, 2.05) is 0 Å². The maximum absolute atomic E-state index is 11.9. The summed E-state index contributed by atoms with van der Waals surface area (Å²) in [6.45, 7) is 0. The molecule has 0 saturated heterocycles. The van der Waals surface area contributed by atoms with Gasteiger partial charge in [0.15, 0.2) is 0 Å². The van der Waals surface area contributed by atoms with E-state index in [9.17, 15) is 9.59 Å². The Morgan fingerprint density at radius 3 is 2.68 bits per heavy atom. The van der Waals surface area contributed by atoms with Crippen LogP contribution in [-0.4, -0.2) is 33.2 Å². The molecule has 1 atom stereocenters. The normalized spacial score (nSPS) is 14.9. The van der Waals surface area contributed by atoms with E-state index < -0.39 is 12.0 Å². The molecule has 0 radical (unpaired) electrons. The van der Waals surface area contributed by atoms with Crippen molar-refractivity contribution < 1.29 is 19.2 Å². The predicted octanol–water partition coefficient (Wildman–Crippen LogP) is 2.69. The standard InChI is InChI=1S/C17H18ClN3O4/c18-12-8-6-11(7-9-12)16-20-14(25-21-16)3-1-2-13(22)19-15(17(23)24)10-4-5-10/h6-10,15H,1-5H2,(H,19,22)(H,23,24). The van der Waals surface area contributed by atoms with Crippen molar-refractivity contribution in [2.24, 2.45) is 5.92 Å². The summed E-state index contributed by atoms with van der Waals surface area (Å²) in [5.74, 6) is -0.262. The first kappa shape index (κ1) is 17.4. The molecular weight excluding hydrogens is 346 g/mol. The van der Waals surface area contributed by atoms with Crippen LogP contribution in [0.25, 0.3) is 11.4 Å². The fraction of sp³-hybridized carbons (Fsp3) is 0.412. The molecule has 1 aliphatic rings. The number of aliphatic carboxylic acids is 1. The summed E-state index contributed by atoms with van der Waals surface area (Å²) < 4.78 is 5.18. The Kier molecular flexibility index (Phi) is 5.33. The average Bonchev–Trinajstić information content (AvgIpc) is 3.31. The fourth-order valence-corrected chi connectivity index (χ4v) is 2.66. The van der Waals surface area contributed by atoms with Gasteiger partial charge in [0.25, 0.3) is 0 Å². The van der Waals surface area contributed by atoms with Crippen molar-refractivity contribution in [1.29, 1.82) is 0 Å². The van der Waals surface area contributed by atoms with E-state index in [0.29, 0.717) is 29.6 Å². The second kappa shape index (κ2) is 7.65. The zero-order valence-corrected chi connectivity index (χ0v) is 14.2. The highest BCUT2D eigenvalue weighted by molar-refractivity contribution is 6.30. The number of nitrogens with one attached hydrogen (secondary N) is 1. The first-order chi connectivity index (χ1) is 12.0. The van der Waals surface area contributed by atoms with Gasteiger partial charge in [-0.15, -0.1) is 0 Å². The minimum atomic E-state index is -0.972. The Bertz CT molecular complexity index is 756. The molecule has 1 aliphatic carbocycles. The van der Waals surface area contributed by atoms with E-state index in [0.717, 1.165) is 18.4 Å². The molecule has 25 heavy (non-hydrogen) atoms. The molecule has 0 aliphatic heterocycles. The summed E-state index contributed by atoms with van der Waals surface area (Å²) in [5.41, 5.74) is 0.797. The van der Waals surface area contributed by atoms with Gasteiger partial charge in [-0.25, -0.2) is 4.79 Å². The number of amides is 1. The van der Waals surface area contributed by atoms with E-state index >= 15 is 0 Å². The first-order valence-electron chi connectivity index (χ1n) is 8.13. The van der Waals surface area contributed by atoms with Crippen molar-refractivity contribution in [3.05, 3.63) is 35.2 Å². The number of benzene rings is 1. The largest absolute Gasteiger partial charge is 0.480 e. The molecule has 3 rings (SSSR count). The zero-order chi connectivity index (χ0) is 17.8. The van der Waals surface area contributed by atoms with Crippen molar-refractivity contribution in [3.8, 4) is 11.4 Å². The third-order valence-electron chi connectivity index (χ3n) is 4.04. The fourth-order valence-electron chi connectivity index (χ4n) is 2.53. The second-order valence-corrected chi connectivity index (χ2v) is 6.53. The number of aromatic nitrogens is 2. The Labute approximate surface area is 149 Å². The smallest absolute Gasteiger partial charge is 0.326 e. The lowest BCUT2D eigenvalue weighted by Gasteiger charge is -2.13. The van der Waals surface area contributed by atoms with Crippen LogP contribution >= 0.6 is 11.6 Å². The highest BCUT2D eigenvalue weighted by Gasteiger charge is 2.37. The van der Waals surface area contributed by atoms with Gasteiger partial charge < -0.3 is 14.9 Å². The second-order valence-electron chi connectivity index (χ2n) is 6.09. The molecule has 1 aromatic heterocycles. The lowest BCUT2D eigenvalue weighted by atomic mass is 10.1. The summed E-state index contributed by atoms with van der Waals surface area (Å²) in [7, 11) is 0. The van der Waals surface area contributed by atoms with Crippen LogP contribution < -0.4 is 5.32 Å². The Hall–Kier alpha value is -2.41. The minimum Gasteiger partial charge on any atom is -0.480 e. The SMILES string of the molecule is O=C(CCCc1nc(-c2ccc(Cl)cc2)no1)NC(C(=O)O)C1CC1. The maximum atomic E-state index is 11.9. The molecule has 1 unspecified atom stereocenters. The average molecular weight is 364 g/mol. The molecule has 132 valence electrons. The van der Waals surface area contributed by atoms with Crippen molar-refractivity contribution in [1.82, 2.24) is 15.5 Å². The van der Waals surface area contributed by atoms with Gasteiger partial charge in [0, 0.05) is 23.4 Å². The molecular formula is C17H18ClN3O4. The molecule has 1 fully saturated rings. The number of rotatable bonds is 8. The van der Waals surface area contributed by atoms with Crippen molar-refractivity contribution in [2.75, 3.05) is 0 Å². The van der Waals surface area contributed by atoms with Crippen LogP contribution in [0.1, 0.15) is 31.6 Å². The highest BCUT2D eigenvalue weighted by atomic mass is 35.5. The molecule has 1 saturated carbocycles. The summed E-state index contributed by atoms with van der Waals surface area (Å²) >= 11 is 5.84. The lowest BCUT2D eigenvalue weighted by molar-refractivity contribution is -0.142. The number of carbonyl (C=O) groups excluding carboxylic acids is 1. The van der Waals surface area contributed by atoms with Gasteiger partial charge in [0.1, 0.15) is 6.04 Å². The van der Waals surface area contributed by atoms with Crippen molar-refractivity contribution in [2.45, 2.75) is 38.1 Å². The van der Waals surface area contributed by atoms with E-state index in [1.54, 1.807) is 24.3 Å². The Morgan fingerprint density at radius 2 is 2.04 bits per heavy atom. The maximum Gasteiger partial charge on any atom is 0.326 e. The van der Waals surface area contributed by atoms with Crippen molar-refractivity contribution in [3.63, 3.8) is 0 Å². The van der Waals surface area contributed by atoms with E-state index in [-0.39, 0.29) is 18.2 Å². The Balaban J connectivity index is 1.46. The van der Waals surface area contributed by atoms with E-state index in [1.165, 1.54) is 0 Å². The van der Waals surface area contributed by atoms with Crippen LogP contribution in [0.5, 0.6) is 0 Å². The van der Waals surface area contributed by atoms with Crippen LogP contribution in [0.15, 0.2) is 28.8 Å². The van der Waals surface area contributed by atoms with E-state index in [2.05, 4.69) is 15.5 Å². The molecule has 2 aromatic rings. The van der Waals surface area contributed by atoms with Gasteiger partial charge in [0.05, 0.1) is 0 Å². The molecule has 0 spiro atoms. The predicted molar refractivity (Wildman–Crippen MR) is 90.0 cm³/mol. The van der Waals surface area contributed by atoms with Crippen LogP contribution in [0, 0.1) is 5.92 Å². The molecule has 1 aromatic carbocycles. The quantitative estimate of drug-likeness (QED) is 0.747. The van der Waals surface area contributed by atoms with E-state index in [4.69, 9.17) is 21.2 Å². The highest BCUT2D eigenvalue weighted by Crippen LogP contribution is 2.32. The molecule has 1 heterocycles. The monoisotopic (exact) mass is 363 g/mol. The number of carboxylic acid groups (broad SMARTS) is 1. The number of carbonyl (C=O) groups is 2. The Morgan fingerprint density at radius 1 is 1.32 bits per heavy atom. The van der Waals surface area contributed by atoms with Crippen LogP contribution in [0.2, 0.25) is 5.02 Å². The number of hydrogen-bond acceptors (Lipinski definition) is 5. The molecule has 0 bridgehead atoms. The van der Waals surface area contributed by atoms with Crippen LogP contribution in [-0.2, 0) is 16.0 Å². The number of nitrogens with zero attached hydrogens (tertiary/aromatic N) is 2. The van der Waals surface area contributed by atoms with Crippen LogP contribution in [0.4, 0.5) is 0 Å². The van der Waals surface area contributed by atoms with Gasteiger partial charge in [-0.1, -0.05) is 16.8 Å². The summed E-state index contributed by atoms with van der Waals surface area (Å²) in [6.07, 6.45) is 2.88. The van der Waals surface area contributed by atoms with Gasteiger partial charge >= 0.3 is 5.97 Å². The van der Waals surface area contributed by atoms with Crippen molar-refractivity contribution >= 4 is 23.5 Å². The van der Waals surface area contributed by atoms with Gasteiger partial charge in [-0.3, -0.25) is 4.79 Å². The molecule has 1 amide bonds. The summed E-state index contributed by atoms with van der Waals surface area (Å²) in [6, 6.07) is 6.32. The molecule has 8 heteroatoms. The lowest BCUT2D eigenvalue weighted by Crippen LogP contribution is -2.42. The first-order valence-corrected chi connectivity index (χ1v) is 8.51. The number of halogens is 1. The van der Waals surface area contributed by atoms with Gasteiger partial charge in [-0.05, 0) is 49.4 Å². The van der Waals surface area contributed by atoms with Gasteiger partial charge in [0.2, 0.25) is 17.6 Å². The number of hydrogen-bond donors (Lipinski definition) is 2. The third-order valence-corrected chi connectivity index (χ3v) is 4.29.